The van der Waals surface area contributed by atoms with Crippen molar-refractivity contribution in [3.05, 3.63) is 39.7 Å². The quantitative estimate of drug-likeness (QED) is 0.757. The van der Waals surface area contributed by atoms with Gasteiger partial charge in [0.05, 0.1) is 10.0 Å². The summed E-state index contributed by atoms with van der Waals surface area (Å²) in [5.41, 5.74) is 0. The van der Waals surface area contributed by atoms with Gasteiger partial charge in [-0.15, -0.1) is 23.5 Å². The lowest BCUT2D eigenvalue weighted by molar-refractivity contribution is 1.28. The molecule has 1 unspecified atom stereocenters. The van der Waals surface area contributed by atoms with E-state index in [0.717, 1.165) is 5.75 Å². The predicted octanol–water partition coefficient (Wildman–Crippen LogP) is 4.71. The minimum absolute atomic E-state index is 0.567. The minimum Gasteiger partial charge on any atom is -0.133 e. The van der Waals surface area contributed by atoms with Crippen molar-refractivity contribution in [2.75, 3.05) is 5.75 Å². The van der Waals surface area contributed by atoms with Crippen LogP contribution < -0.4 is 0 Å². The van der Waals surface area contributed by atoms with Gasteiger partial charge in [-0.2, -0.15) is 0 Å². The average Bonchev–Trinajstić information content (AvgIpc) is 2.64. The Morgan fingerprint density at radius 1 is 1.29 bits per heavy atom. The Morgan fingerprint density at radius 3 is 2.79 bits per heavy atom. The average molecular weight is 263 g/mol. The van der Waals surface area contributed by atoms with E-state index in [-0.39, 0.29) is 0 Å². The van der Waals surface area contributed by atoms with Crippen molar-refractivity contribution < 1.29 is 0 Å². The molecule has 1 aliphatic rings. The summed E-state index contributed by atoms with van der Waals surface area (Å²) >= 11 is 15.4. The van der Waals surface area contributed by atoms with Crippen molar-refractivity contribution in [1.29, 1.82) is 0 Å². The molecule has 0 aliphatic carbocycles. The second-order valence-electron chi connectivity index (χ2n) is 2.89. The highest BCUT2D eigenvalue weighted by Crippen LogP contribution is 2.34. The molecule has 4 heteroatoms. The van der Waals surface area contributed by atoms with E-state index in [0.29, 0.717) is 15.3 Å². The van der Waals surface area contributed by atoms with Crippen molar-refractivity contribution in [3.63, 3.8) is 0 Å². The third kappa shape index (κ3) is 2.63. The zero-order valence-corrected chi connectivity index (χ0v) is 10.4. The molecule has 0 radical (unpaired) electrons. The maximum Gasteiger partial charge on any atom is 0.0603 e. The zero-order valence-electron chi connectivity index (χ0n) is 7.24. The number of thioether (sulfide) groups is 2. The van der Waals surface area contributed by atoms with E-state index >= 15 is 0 Å². The second kappa shape index (κ2) is 4.84. The molecule has 0 spiro atoms. The fraction of sp³-hybridized carbons (Fsp3) is 0.200. The molecule has 0 saturated carbocycles. The Kier molecular flexibility index (Phi) is 3.72. The molecule has 1 heterocycles. The molecule has 0 bridgehead atoms. The fourth-order valence-corrected chi connectivity index (χ4v) is 3.67. The molecule has 0 nitrogen and oxygen atoms in total. The van der Waals surface area contributed by atoms with Crippen molar-refractivity contribution in [2.45, 2.75) is 10.1 Å². The summed E-state index contributed by atoms with van der Waals surface area (Å²) in [7, 11) is 0. The van der Waals surface area contributed by atoms with Crippen LogP contribution in [0, 0.1) is 0 Å². The largest absolute Gasteiger partial charge is 0.133 e. The maximum atomic E-state index is 5.93. The molecule has 1 atom stereocenters. The van der Waals surface area contributed by atoms with Crippen LogP contribution in [0.1, 0.15) is 0 Å². The second-order valence-corrected chi connectivity index (χ2v) is 5.96. The lowest BCUT2D eigenvalue weighted by atomic mass is 10.4. The molecular formula is C10H8Cl2S2. The SMILES string of the molecule is Clc1ccc(SC2C=CSC2)cc1Cl. The summed E-state index contributed by atoms with van der Waals surface area (Å²) < 4.78 is 0. The Bertz CT molecular complexity index is 363. The van der Waals surface area contributed by atoms with Crippen molar-refractivity contribution in [1.82, 2.24) is 0 Å². The van der Waals surface area contributed by atoms with Gasteiger partial charge in [0, 0.05) is 15.9 Å². The van der Waals surface area contributed by atoms with E-state index in [2.05, 4.69) is 11.5 Å². The van der Waals surface area contributed by atoms with Gasteiger partial charge in [0.25, 0.3) is 0 Å². The molecule has 0 amide bonds. The van der Waals surface area contributed by atoms with E-state index in [1.807, 2.05) is 41.7 Å². The summed E-state index contributed by atoms with van der Waals surface area (Å²) in [6.45, 7) is 0. The molecule has 0 saturated heterocycles. The Labute approximate surface area is 102 Å². The minimum atomic E-state index is 0.567. The van der Waals surface area contributed by atoms with Crippen LogP contribution in [0.15, 0.2) is 34.6 Å². The van der Waals surface area contributed by atoms with Gasteiger partial charge in [-0.25, -0.2) is 0 Å². The molecule has 0 N–H and O–H groups in total. The van der Waals surface area contributed by atoms with Crippen LogP contribution >= 0.6 is 46.7 Å². The molecule has 2 rings (SSSR count). The summed E-state index contributed by atoms with van der Waals surface area (Å²) in [5.74, 6) is 1.14. The van der Waals surface area contributed by atoms with Crippen LogP contribution in [0.5, 0.6) is 0 Å². The van der Waals surface area contributed by atoms with Crippen LogP contribution in [0.2, 0.25) is 10.0 Å². The number of hydrogen-bond acceptors (Lipinski definition) is 2. The first-order valence-electron chi connectivity index (χ1n) is 4.16. The van der Waals surface area contributed by atoms with Gasteiger partial charge in [0.2, 0.25) is 0 Å². The first-order chi connectivity index (χ1) is 6.75. The summed E-state index contributed by atoms with van der Waals surface area (Å²) in [4.78, 5) is 1.18. The Hall–Kier alpha value is 0.240. The molecule has 74 valence electrons. The van der Waals surface area contributed by atoms with E-state index in [1.54, 1.807) is 0 Å². The van der Waals surface area contributed by atoms with Crippen LogP contribution in [-0.4, -0.2) is 11.0 Å². The standard InChI is InChI=1S/C10H8Cl2S2/c11-9-2-1-7(5-10(9)12)14-8-3-4-13-6-8/h1-5,8H,6H2. The highest BCUT2D eigenvalue weighted by molar-refractivity contribution is 8.05. The van der Waals surface area contributed by atoms with Gasteiger partial charge in [-0.3, -0.25) is 0 Å². The van der Waals surface area contributed by atoms with Crippen molar-refractivity contribution in [3.8, 4) is 0 Å². The topological polar surface area (TPSA) is 0 Å². The summed E-state index contributed by atoms with van der Waals surface area (Å²) in [6, 6.07) is 5.78. The molecule has 1 aromatic rings. The monoisotopic (exact) mass is 262 g/mol. The van der Waals surface area contributed by atoms with E-state index in [4.69, 9.17) is 23.2 Å². The molecule has 1 aromatic carbocycles. The first kappa shape index (κ1) is 10.7. The Morgan fingerprint density at radius 2 is 2.14 bits per heavy atom. The smallest absolute Gasteiger partial charge is 0.0603 e. The summed E-state index contributed by atoms with van der Waals surface area (Å²) in [6.07, 6.45) is 2.22. The van der Waals surface area contributed by atoms with Gasteiger partial charge in [0.1, 0.15) is 0 Å². The number of halogens is 2. The molecular weight excluding hydrogens is 255 g/mol. The van der Waals surface area contributed by atoms with E-state index in [9.17, 15) is 0 Å². The number of benzene rings is 1. The van der Waals surface area contributed by atoms with Gasteiger partial charge in [-0.05, 0) is 23.6 Å². The van der Waals surface area contributed by atoms with Crippen molar-refractivity contribution in [2.24, 2.45) is 0 Å². The molecule has 0 aromatic heterocycles. The van der Waals surface area contributed by atoms with Crippen LogP contribution in [0.3, 0.4) is 0 Å². The predicted molar refractivity (Wildman–Crippen MR) is 67.7 cm³/mol. The third-order valence-electron chi connectivity index (χ3n) is 1.83. The number of hydrogen-bond donors (Lipinski definition) is 0. The fourth-order valence-electron chi connectivity index (χ4n) is 1.15. The first-order valence-corrected chi connectivity index (χ1v) is 6.84. The third-order valence-corrected chi connectivity index (χ3v) is 4.83. The molecule has 0 fully saturated rings. The zero-order chi connectivity index (χ0) is 9.97. The van der Waals surface area contributed by atoms with Gasteiger partial charge < -0.3 is 0 Å². The van der Waals surface area contributed by atoms with Crippen molar-refractivity contribution >= 4 is 46.7 Å². The molecule has 1 aliphatic heterocycles. The van der Waals surface area contributed by atoms with Gasteiger partial charge in [-0.1, -0.05) is 29.3 Å². The lowest BCUT2D eigenvalue weighted by Crippen LogP contribution is -1.96. The van der Waals surface area contributed by atoms with Gasteiger partial charge >= 0.3 is 0 Å². The van der Waals surface area contributed by atoms with Crippen LogP contribution in [-0.2, 0) is 0 Å². The van der Waals surface area contributed by atoms with Crippen LogP contribution in [0.4, 0.5) is 0 Å². The van der Waals surface area contributed by atoms with E-state index < -0.39 is 0 Å². The normalized spacial score (nSPS) is 20.3. The van der Waals surface area contributed by atoms with E-state index in [1.165, 1.54) is 4.90 Å². The molecule has 14 heavy (non-hydrogen) atoms. The Balaban J connectivity index is 2.09. The lowest BCUT2D eigenvalue weighted by Gasteiger charge is -2.07. The van der Waals surface area contributed by atoms with Gasteiger partial charge in [0.15, 0.2) is 0 Å². The maximum absolute atomic E-state index is 5.93. The number of rotatable bonds is 2. The van der Waals surface area contributed by atoms with Crippen LogP contribution in [0.25, 0.3) is 0 Å². The highest BCUT2D eigenvalue weighted by Gasteiger charge is 2.11. The highest BCUT2D eigenvalue weighted by atomic mass is 35.5. The summed E-state index contributed by atoms with van der Waals surface area (Å²) in [5, 5.41) is 3.96.